The molecule has 9 heteroatoms. The number of rotatable bonds is 4. The van der Waals surface area contributed by atoms with Gasteiger partial charge in [0.05, 0.1) is 28.8 Å². The van der Waals surface area contributed by atoms with Gasteiger partial charge in [0.2, 0.25) is 5.89 Å². The van der Waals surface area contributed by atoms with Gasteiger partial charge in [0.1, 0.15) is 11.8 Å². The van der Waals surface area contributed by atoms with E-state index in [0.717, 1.165) is 0 Å². The molecule has 0 spiro atoms. The molecule has 25 heavy (non-hydrogen) atoms. The van der Waals surface area contributed by atoms with Crippen LogP contribution in [0.2, 0.25) is 10.0 Å². The number of hydrogen-bond acceptors (Lipinski definition) is 6. The third kappa shape index (κ3) is 3.44. The first-order chi connectivity index (χ1) is 11.9. The van der Waals surface area contributed by atoms with Gasteiger partial charge in [-0.2, -0.15) is 4.98 Å². The first-order valence-corrected chi connectivity index (χ1v) is 8.37. The Morgan fingerprint density at radius 1 is 1.32 bits per heavy atom. The third-order valence-electron chi connectivity index (χ3n) is 4.16. The van der Waals surface area contributed by atoms with Crippen LogP contribution in [0.4, 0.5) is 0 Å². The highest BCUT2D eigenvalue weighted by Crippen LogP contribution is 2.37. The second-order valence-corrected chi connectivity index (χ2v) is 6.53. The Kier molecular flexibility index (Phi) is 5.17. The van der Waals surface area contributed by atoms with Crippen LogP contribution >= 0.6 is 23.2 Å². The van der Waals surface area contributed by atoms with Crippen molar-refractivity contribution in [3.63, 3.8) is 0 Å². The topological polar surface area (TPSA) is 77.7 Å². The van der Waals surface area contributed by atoms with Crippen LogP contribution in [-0.4, -0.2) is 47.8 Å². The summed E-state index contributed by atoms with van der Waals surface area (Å²) in [4.78, 5) is 19.0. The average Bonchev–Trinajstić information content (AvgIpc) is 3.22. The Morgan fingerprint density at radius 3 is 2.64 bits per heavy atom. The molecule has 3 rings (SSSR count). The Bertz CT molecular complexity index is 796. The van der Waals surface area contributed by atoms with Crippen LogP contribution in [0.1, 0.15) is 34.5 Å². The molecule has 1 fully saturated rings. The Morgan fingerprint density at radius 2 is 2.04 bits per heavy atom. The molecule has 134 valence electrons. The van der Waals surface area contributed by atoms with Crippen LogP contribution in [0, 0.1) is 6.92 Å². The van der Waals surface area contributed by atoms with E-state index in [-0.39, 0.29) is 23.1 Å². The summed E-state index contributed by atoms with van der Waals surface area (Å²) in [6.45, 7) is 2.12. The summed E-state index contributed by atoms with van der Waals surface area (Å²) < 4.78 is 16.0. The fourth-order valence-corrected chi connectivity index (χ4v) is 3.21. The molecule has 0 bridgehead atoms. The molecule has 1 aliphatic heterocycles. The second kappa shape index (κ2) is 7.19. The number of halogens is 2. The molecular formula is C16H17Cl2N3O4. The lowest BCUT2D eigenvalue weighted by Gasteiger charge is -2.23. The van der Waals surface area contributed by atoms with E-state index < -0.39 is 0 Å². The third-order valence-corrected chi connectivity index (χ3v) is 4.88. The summed E-state index contributed by atoms with van der Waals surface area (Å²) in [5.74, 6) is 0.969. The molecule has 1 aromatic carbocycles. The fraction of sp³-hybridized carbons (Fsp3) is 0.438. The first kappa shape index (κ1) is 18.0. The van der Waals surface area contributed by atoms with E-state index in [1.54, 1.807) is 18.9 Å². The lowest BCUT2D eigenvalue weighted by Crippen LogP contribution is -2.32. The Balaban J connectivity index is 1.98. The highest BCUT2D eigenvalue weighted by atomic mass is 35.5. The summed E-state index contributed by atoms with van der Waals surface area (Å²) in [5, 5.41) is 4.40. The smallest absolute Gasteiger partial charge is 0.258 e. The van der Waals surface area contributed by atoms with Crippen molar-refractivity contribution >= 4 is 29.1 Å². The maximum atomic E-state index is 13.1. The predicted molar refractivity (Wildman–Crippen MR) is 91.2 cm³/mol. The van der Waals surface area contributed by atoms with Gasteiger partial charge in [-0.1, -0.05) is 28.4 Å². The van der Waals surface area contributed by atoms with Gasteiger partial charge in [-0.25, -0.2) is 0 Å². The lowest BCUT2D eigenvalue weighted by atomic mass is 10.1. The molecule has 2 atom stereocenters. The van der Waals surface area contributed by atoms with E-state index in [4.69, 9.17) is 37.2 Å². The zero-order chi connectivity index (χ0) is 18.1. The predicted octanol–water partition coefficient (Wildman–Crippen LogP) is 3.30. The number of aryl methyl sites for hydroxylation is 1. The number of carbonyl (C=O) groups is 1. The summed E-state index contributed by atoms with van der Waals surface area (Å²) in [7, 11) is 3.08. The highest BCUT2D eigenvalue weighted by molar-refractivity contribution is 6.42. The van der Waals surface area contributed by atoms with Gasteiger partial charge < -0.3 is 18.9 Å². The van der Waals surface area contributed by atoms with Crippen molar-refractivity contribution in [2.24, 2.45) is 0 Å². The zero-order valence-corrected chi connectivity index (χ0v) is 15.5. The molecule has 1 amide bonds. The summed E-state index contributed by atoms with van der Waals surface area (Å²) >= 11 is 12.1. The molecule has 1 saturated heterocycles. The molecular weight excluding hydrogens is 369 g/mol. The lowest BCUT2D eigenvalue weighted by molar-refractivity contribution is 0.0667. The van der Waals surface area contributed by atoms with Crippen molar-refractivity contribution in [2.75, 3.05) is 20.8 Å². The molecule has 2 aromatic rings. The van der Waals surface area contributed by atoms with Crippen molar-refractivity contribution in [3.05, 3.63) is 39.5 Å². The minimum absolute atomic E-state index is 0.130. The van der Waals surface area contributed by atoms with Crippen molar-refractivity contribution in [3.8, 4) is 5.75 Å². The van der Waals surface area contributed by atoms with Gasteiger partial charge in [-0.15, -0.1) is 0 Å². The normalized spacial score (nSPS) is 20.1. The largest absolute Gasteiger partial charge is 0.496 e. The molecule has 0 aliphatic carbocycles. The number of nitrogens with zero attached hydrogens (tertiary/aromatic N) is 3. The van der Waals surface area contributed by atoms with Crippen molar-refractivity contribution in [2.45, 2.75) is 25.5 Å². The summed E-state index contributed by atoms with van der Waals surface area (Å²) in [5.41, 5.74) is 0.315. The van der Waals surface area contributed by atoms with E-state index in [2.05, 4.69) is 10.1 Å². The van der Waals surface area contributed by atoms with Crippen LogP contribution in [-0.2, 0) is 4.74 Å². The highest BCUT2D eigenvalue weighted by Gasteiger charge is 2.40. The fourth-order valence-electron chi connectivity index (χ4n) is 2.89. The molecule has 1 aliphatic rings. The Hall–Kier alpha value is -1.83. The van der Waals surface area contributed by atoms with E-state index >= 15 is 0 Å². The van der Waals surface area contributed by atoms with Gasteiger partial charge in [0, 0.05) is 26.1 Å². The number of likely N-dealkylation sites (tertiary alicyclic amines) is 1. The average molecular weight is 386 g/mol. The second-order valence-electron chi connectivity index (χ2n) is 5.71. The molecule has 0 N–H and O–H groups in total. The number of ether oxygens (including phenoxy) is 2. The maximum Gasteiger partial charge on any atom is 0.258 e. The summed E-state index contributed by atoms with van der Waals surface area (Å²) in [6, 6.07) is 2.64. The molecule has 0 saturated carbocycles. The van der Waals surface area contributed by atoms with Crippen LogP contribution in [0.25, 0.3) is 0 Å². The van der Waals surface area contributed by atoms with Gasteiger partial charge >= 0.3 is 0 Å². The number of amides is 1. The zero-order valence-electron chi connectivity index (χ0n) is 14.0. The number of aromatic nitrogens is 2. The minimum atomic E-state index is -0.377. The standard InChI is InChI=1S/C16H17Cl2N3O4/c1-8-19-15(25-20-8)13-4-9(23-2)7-21(13)16(22)10-5-11(17)12(18)6-14(10)24-3/h5-6,9,13H,4,7H2,1-3H3/t9-,13+/m0/s1. The van der Waals surface area contributed by atoms with Gasteiger partial charge in [-0.05, 0) is 13.0 Å². The first-order valence-electron chi connectivity index (χ1n) is 7.61. The number of hydrogen-bond donors (Lipinski definition) is 0. The molecule has 2 heterocycles. The van der Waals surface area contributed by atoms with E-state index in [1.807, 2.05) is 0 Å². The van der Waals surface area contributed by atoms with Crippen molar-refractivity contribution < 1.29 is 18.8 Å². The van der Waals surface area contributed by atoms with E-state index in [1.165, 1.54) is 19.2 Å². The molecule has 0 unspecified atom stereocenters. The number of benzene rings is 1. The van der Waals surface area contributed by atoms with Crippen molar-refractivity contribution in [1.82, 2.24) is 15.0 Å². The monoisotopic (exact) mass is 385 g/mol. The molecule has 1 aromatic heterocycles. The van der Waals surface area contributed by atoms with Crippen LogP contribution in [0.3, 0.4) is 0 Å². The van der Waals surface area contributed by atoms with Crippen LogP contribution in [0.15, 0.2) is 16.7 Å². The van der Waals surface area contributed by atoms with Gasteiger partial charge in [0.15, 0.2) is 5.82 Å². The number of carbonyl (C=O) groups excluding carboxylic acids is 1. The number of methoxy groups -OCH3 is 2. The molecule has 0 radical (unpaired) electrons. The minimum Gasteiger partial charge on any atom is -0.496 e. The summed E-state index contributed by atoms with van der Waals surface area (Å²) in [6.07, 6.45) is 0.433. The van der Waals surface area contributed by atoms with E-state index in [9.17, 15) is 4.79 Å². The van der Waals surface area contributed by atoms with E-state index in [0.29, 0.717) is 41.0 Å². The quantitative estimate of drug-likeness (QED) is 0.803. The maximum absolute atomic E-state index is 13.1. The molecule has 7 nitrogen and oxygen atoms in total. The van der Waals surface area contributed by atoms with Crippen molar-refractivity contribution in [1.29, 1.82) is 0 Å². The Labute approximate surface area is 154 Å². The van der Waals surface area contributed by atoms with Crippen LogP contribution in [0.5, 0.6) is 5.75 Å². The van der Waals surface area contributed by atoms with Crippen LogP contribution < -0.4 is 4.74 Å². The SMILES string of the molecule is COc1cc(Cl)c(Cl)cc1C(=O)N1C[C@@H](OC)C[C@@H]1c1nc(C)no1. The van der Waals surface area contributed by atoms with Gasteiger partial charge in [-0.3, -0.25) is 4.79 Å². The van der Waals surface area contributed by atoms with Gasteiger partial charge in [0.25, 0.3) is 5.91 Å².